The quantitative estimate of drug-likeness (QED) is 0.478. The maximum absolute atomic E-state index is 11.8. The Morgan fingerprint density at radius 3 is 2.00 bits per heavy atom. The summed E-state index contributed by atoms with van der Waals surface area (Å²) in [6, 6.07) is 17.7. The fraction of sp³-hybridized carbons (Fsp3) is 0.125. The van der Waals surface area contributed by atoms with Gasteiger partial charge in [0.1, 0.15) is 6.10 Å². The van der Waals surface area contributed by atoms with Crippen LogP contribution < -0.4 is 0 Å². The van der Waals surface area contributed by atoms with Crippen molar-refractivity contribution in [3.8, 4) is 0 Å². The number of carbonyl (C=O) groups excluding carboxylic acids is 2. The second-order valence-corrected chi connectivity index (χ2v) is 4.15. The van der Waals surface area contributed by atoms with Crippen LogP contribution in [0.5, 0.6) is 0 Å². The summed E-state index contributed by atoms with van der Waals surface area (Å²) in [7, 11) is 0. The highest BCUT2D eigenvalue weighted by atomic mass is 16.5. The lowest BCUT2D eigenvalue weighted by Crippen LogP contribution is -2.19. The molecule has 0 saturated carbocycles. The van der Waals surface area contributed by atoms with E-state index in [1.54, 1.807) is 37.3 Å². The van der Waals surface area contributed by atoms with Crippen molar-refractivity contribution in [2.45, 2.75) is 13.0 Å². The van der Waals surface area contributed by atoms with Crippen molar-refractivity contribution in [3.05, 3.63) is 71.8 Å². The van der Waals surface area contributed by atoms with Crippen LogP contribution in [0.1, 0.15) is 28.9 Å². The van der Waals surface area contributed by atoms with Gasteiger partial charge < -0.3 is 4.74 Å². The maximum Gasteiger partial charge on any atom is 0.380 e. The molecule has 0 fully saturated rings. The highest BCUT2D eigenvalue weighted by Crippen LogP contribution is 2.16. The smallest absolute Gasteiger partial charge is 0.380 e. The van der Waals surface area contributed by atoms with Gasteiger partial charge in [0.15, 0.2) is 0 Å². The monoisotopic (exact) mass is 254 g/mol. The highest BCUT2D eigenvalue weighted by Gasteiger charge is 2.20. The van der Waals surface area contributed by atoms with Gasteiger partial charge in [-0.2, -0.15) is 0 Å². The van der Waals surface area contributed by atoms with Crippen LogP contribution in [0.4, 0.5) is 0 Å². The topological polar surface area (TPSA) is 43.4 Å². The number of hydrogen-bond donors (Lipinski definition) is 0. The van der Waals surface area contributed by atoms with E-state index in [2.05, 4.69) is 0 Å². The molecule has 0 radical (unpaired) electrons. The molecule has 3 nitrogen and oxygen atoms in total. The zero-order valence-corrected chi connectivity index (χ0v) is 10.6. The fourth-order valence-electron chi connectivity index (χ4n) is 1.71. The van der Waals surface area contributed by atoms with Crippen molar-refractivity contribution in [1.82, 2.24) is 0 Å². The SMILES string of the molecule is C[C@H](OC(=O)C(=O)c1ccccc1)c1ccccc1. The average molecular weight is 254 g/mol. The second-order valence-electron chi connectivity index (χ2n) is 4.15. The van der Waals surface area contributed by atoms with Crippen LogP contribution in [-0.2, 0) is 9.53 Å². The van der Waals surface area contributed by atoms with Crippen LogP contribution in [0.3, 0.4) is 0 Å². The first-order valence-electron chi connectivity index (χ1n) is 6.04. The van der Waals surface area contributed by atoms with Crippen molar-refractivity contribution >= 4 is 11.8 Å². The van der Waals surface area contributed by atoms with Gasteiger partial charge in [-0.1, -0.05) is 60.7 Å². The third kappa shape index (κ3) is 3.28. The van der Waals surface area contributed by atoms with Crippen molar-refractivity contribution in [2.75, 3.05) is 0 Å². The number of Topliss-reactive ketones (excluding diaryl/α,β-unsaturated/α-hetero) is 1. The van der Waals surface area contributed by atoms with E-state index in [1.807, 2.05) is 30.3 Å². The van der Waals surface area contributed by atoms with Crippen LogP contribution >= 0.6 is 0 Å². The predicted octanol–water partition coefficient (Wildman–Crippen LogP) is 3.17. The third-order valence-electron chi connectivity index (χ3n) is 2.77. The van der Waals surface area contributed by atoms with E-state index in [9.17, 15) is 9.59 Å². The van der Waals surface area contributed by atoms with Gasteiger partial charge in [-0.25, -0.2) is 4.79 Å². The maximum atomic E-state index is 11.8. The van der Waals surface area contributed by atoms with Crippen LogP contribution in [0.25, 0.3) is 0 Å². The number of ether oxygens (including phenoxy) is 1. The predicted molar refractivity (Wildman–Crippen MR) is 71.7 cm³/mol. The Kier molecular flexibility index (Phi) is 4.08. The van der Waals surface area contributed by atoms with E-state index < -0.39 is 17.9 Å². The molecule has 0 aromatic heterocycles. The largest absolute Gasteiger partial charge is 0.452 e. The van der Waals surface area contributed by atoms with Crippen LogP contribution in [-0.4, -0.2) is 11.8 Å². The minimum absolute atomic E-state index is 0.341. The summed E-state index contributed by atoms with van der Waals surface area (Å²) >= 11 is 0. The Hall–Kier alpha value is -2.42. The van der Waals surface area contributed by atoms with Gasteiger partial charge in [0, 0.05) is 5.56 Å². The molecule has 1 atom stereocenters. The molecule has 96 valence electrons. The van der Waals surface area contributed by atoms with E-state index in [1.165, 1.54) is 0 Å². The molecule has 3 heteroatoms. The summed E-state index contributed by atoms with van der Waals surface area (Å²) in [5, 5.41) is 0. The lowest BCUT2D eigenvalue weighted by molar-refractivity contribution is -0.142. The molecule has 0 spiro atoms. The Balaban J connectivity index is 2.04. The van der Waals surface area contributed by atoms with Crippen molar-refractivity contribution < 1.29 is 14.3 Å². The van der Waals surface area contributed by atoms with E-state index >= 15 is 0 Å². The van der Waals surface area contributed by atoms with E-state index in [0.29, 0.717) is 5.56 Å². The van der Waals surface area contributed by atoms with Crippen LogP contribution in [0.2, 0.25) is 0 Å². The van der Waals surface area contributed by atoms with Gasteiger partial charge in [-0.05, 0) is 12.5 Å². The molecule has 0 heterocycles. The van der Waals surface area contributed by atoms with Gasteiger partial charge >= 0.3 is 5.97 Å². The molecule has 0 aliphatic carbocycles. The summed E-state index contributed by atoms with van der Waals surface area (Å²) in [5.74, 6) is -1.45. The number of esters is 1. The molecule has 2 rings (SSSR count). The minimum Gasteiger partial charge on any atom is -0.452 e. The molecule has 2 aromatic rings. The van der Waals surface area contributed by atoms with Crippen molar-refractivity contribution in [2.24, 2.45) is 0 Å². The molecule has 0 aliphatic heterocycles. The molecule has 2 aromatic carbocycles. The zero-order valence-electron chi connectivity index (χ0n) is 10.6. The first kappa shape index (κ1) is 13.0. The molecule has 19 heavy (non-hydrogen) atoms. The summed E-state index contributed by atoms with van der Waals surface area (Å²) in [6.07, 6.45) is -0.443. The van der Waals surface area contributed by atoms with Gasteiger partial charge in [0.05, 0.1) is 0 Å². The third-order valence-corrected chi connectivity index (χ3v) is 2.77. The summed E-state index contributed by atoms with van der Waals surface area (Å²) < 4.78 is 5.16. The van der Waals surface area contributed by atoms with Crippen LogP contribution in [0.15, 0.2) is 60.7 Å². The van der Waals surface area contributed by atoms with Crippen molar-refractivity contribution in [3.63, 3.8) is 0 Å². The van der Waals surface area contributed by atoms with Crippen LogP contribution in [0, 0.1) is 0 Å². The van der Waals surface area contributed by atoms with E-state index in [0.717, 1.165) is 5.56 Å². The number of rotatable bonds is 4. The standard InChI is InChI=1S/C16H14O3/c1-12(13-8-4-2-5-9-13)19-16(18)15(17)14-10-6-3-7-11-14/h2-12H,1H3/t12-/m0/s1. The molecule has 0 amide bonds. The van der Waals surface area contributed by atoms with Crippen molar-refractivity contribution in [1.29, 1.82) is 0 Å². The second kappa shape index (κ2) is 5.96. The normalized spacial score (nSPS) is 11.6. The first-order valence-corrected chi connectivity index (χ1v) is 6.04. The average Bonchev–Trinajstić information content (AvgIpc) is 2.48. The molecular formula is C16H14O3. The lowest BCUT2D eigenvalue weighted by atomic mass is 10.1. The van der Waals surface area contributed by atoms with Gasteiger partial charge in [0.25, 0.3) is 5.78 Å². The molecule has 0 bridgehead atoms. The fourth-order valence-corrected chi connectivity index (χ4v) is 1.71. The van der Waals surface area contributed by atoms with Gasteiger partial charge in [-0.3, -0.25) is 4.79 Å². The molecule has 0 saturated heterocycles. The Labute approximate surface area is 111 Å². The van der Waals surface area contributed by atoms with E-state index in [4.69, 9.17) is 4.74 Å². The molecule has 0 N–H and O–H groups in total. The Bertz CT molecular complexity index is 561. The summed E-state index contributed by atoms with van der Waals surface area (Å²) in [5.41, 5.74) is 1.20. The molecular weight excluding hydrogens is 240 g/mol. The first-order chi connectivity index (χ1) is 9.18. The van der Waals surface area contributed by atoms with Gasteiger partial charge in [-0.15, -0.1) is 0 Å². The number of benzene rings is 2. The Morgan fingerprint density at radius 2 is 1.42 bits per heavy atom. The number of hydrogen-bond acceptors (Lipinski definition) is 3. The Morgan fingerprint density at radius 1 is 0.895 bits per heavy atom. The summed E-state index contributed by atoms with van der Waals surface area (Å²) in [6.45, 7) is 1.74. The number of carbonyl (C=O) groups is 2. The highest BCUT2D eigenvalue weighted by molar-refractivity contribution is 6.40. The molecule has 0 aliphatic rings. The number of ketones is 1. The lowest BCUT2D eigenvalue weighted by Gasteiger charge is -2.12. The molecule has 0 unspecified atom stereocenters. The van der Waals surface area contributed by atoms with Gasteiger partial charge in [0.2, 0.25) is 0 Å². The van der Waals surface area contributed by atoms with E-state index in [-0.39, 0.29) is 0 Å². The minimum atomic E-state index is -0.831. The zero-order chi connectivity index (χ0) is 13.7. The summed E-state index contributed by atoms with van der Waals surface area (Å²) in [4.78, 5) is 23.6.